The number of carboxylic acid groups (broad SMARTS) is 1. The number of hydrogen-bond donors (Lipinski definition) is 1. The standard InChI is InChI=1S/C18H18Cl2N2O5S/c1-3-22(4-2)28(26,27)16-9-13(14(19)10-15(16)20)17(23)21-12-7-5-6-11(8-12)18(24)25/h5-10H,3-4H2,1-2H3,(H,21,23)(H,24,25)/p-1. The van der Waals surface area contributed by atoms with Crippen molar-refractivity contribution in [2.45, 2.75) is 18.7 Å². The van der Waals surface area contributed by atoms with Crippen molar-refractivity contribution in [3.05, 3.63) is 57.6 Å². The Hall–Kier alpha value is -2.13. The van der Waals surface area contributed by atoms with Crippen LogP contribution in [0.5, 0.6) is 0 Å². The molecule has 0 spiro atoms. The fourth-order valence-corrected chi connectivity index (χ4v) is 4.82. The highest BCUT2D eigenvalue weighted by Gasteiger charge is 2.27. The van der Waals surface area contributed by atoms with E-state index in [1.165, 1.54) is 34.6 Å². The van der Waals surface area contributed by atoms with Crippen molar-refractivity contribution in [3.63, 3.8) is 0 Å². The van der Waals surface area contributed by atoms with E-state index < -0.39 is 21.9 Å². The lowest BCUT2D eigenvalue weighted by Crippen LogP contribution is -2.31. The van der Waals surface area contributed by atoms with Crippen molar-refractivity contribution in [3.8, 4) is 0 Å². The molecule has 0 aliphatic rings. The van der Waals surface area contributed by atoms with Crippen LogP contribution in [-0.2, 0) is 10.0 Å². The second-order valence-electron chi connectivity index (χ2n) is 5.67. The van der Waals surface area contributed by atoms with Gasteiger partial charge in [0.2, 0.25) is 10.0 Å². The second kappa shape index (κ2) is 8.91. The minimum atomic E-state index is -3.92. The molecule has 2 rings (SSSR count). The number of carboxylic acids is 1. The fourth-order valence-electron chi connectivity index (χ4n) is 2.53. The van der Waals surface area contributed by atoms with Crippen molar-refractivity contribution < 1.29 is 23.1 Å². The Morgan fingerprint density at radius 1 is 1.07 bits per heavy atom. The molecular weight excluding hydrogens is 427 g/mol. The molecule has 0 radical (unpaired) electrons. The number of carbonyl (C=O) groups excluding carboxylic acids is 2. The van der Waals surface area contributed by atoms with Crippen molar-refractivity contribution in [1.29, 1.82) is 0 Å². The first-order valence-corrected chi connectivity index (χ1v) is 10.4. The van der Waals surface area contributed by atoms with E-state index in [9.17, 15) is 23.1 Å². The number of sulfonamides is 1. The summed E-state index contributed by atoms with van der Waals surface area (Å²) in [6, 6.07) is 7.73. The topological polar surface area (TPSA) is 107 Å². The predicted octanol–water partition coefficient (Wildman–Crippen LogP) is 2.64. The summed E-state index contributed by atoms with van der Waals surface area (Å²) in [5.41, 5.74) is -0.0497. The molecule has 150 valence electrons. The zero-order valence-corrected chi connectivity index (χ0v) is 17.4. The van der Waals surface area contributed by atoms with Crippen molar-refractivity contribution in [1.82, 2.24) is 4.31 Å². The molecule has 1 amide bonds. The number of carbonyl (C=O) groups is 2. The van der Waals surface area contributed by atoms with Crippen LogP contribution in [0.3, 0.4) is 0 Å². The molecule has 0 saturated carbocycles. The van der Waals surface area contributed by atoms with Gasteiger partial charge in [-0.1, -0.05) is 49.2 Å². The highest BCUT2D eigenvalue weighted by atomic mass is 35.5. The highest BCUT2D eigenvalue weighted by molar-refractivity contribution is 7.89. The van der Waals surface area contributed by atoms with Gasteiger partial charge in [0.15, 0.2) is 0 Å². The van der Waals surface area contributed by atoms with E-state index in [-0.39, 0.29) is 44.8 Å². The predicted molar refractivity (Wildman–Crippen MR) is 105 cm³/mol. The molecule has 28 heavy (non-hydrogen) atoms. The summed E-state index contributed by atoms with van der Waals surface area (Å²) in [7, 11) is -3.92. The lowest BCUT2D eigenvalue weighted by molar-refractivity contribution is -0.255. The minimum Gasteiger partial charge on any atom is -0.545 e. The molecule has 10 heteroatoms. The van der Waals surface area contributed by atoms with Gasteiger partial charge in [0.25, 0.3) is 5.91 Å². The summed E-state index contributed by atoms with van der Waals surface area (Å²) in [5, 5.41) is 13.3. The van der Waals surface area contributed by atoms with Gasteiger partial charge in [-0.3, -0.25) is 4.79 Å². The summed E-state index contributed by atoms with van der Waals surface area (Å²) in [6.45, 7) is 3.83. The number of aromatic carboxylic acids is 1. The highest BCUT2D eigenvalue weighted by Crippen LogP contribution is 2.31. The quantitative estimate of drug-likeness (QED) is 0.707. The van der Waals surface area contributed by atoms with Gasteiger partial charge in [-0.2, -0.15) is 4.31 Å². The molecule has 7 nitrogen and oxygen atoms in total. The molecule has 0 atom stereocenters. The molecule has 0 aliphatic carbocycles. The molecule has 0 fully saturated rings. The molecule has 1 N–H and O–H groups in total. The van der Waals surface area contributed by atoms with Crippen LogP contribution in [0.2, 0.25) is 10.0 Å². The van der Waals surface area contributed by atoms with Crippen LogP contribution in [0.25, 0.3) is 0 Å². The lowest BCUT2D eigenvalue weighted by atomic mass is 10.1. The van der Waals surface area contributed by atoms with E-state index in [2.05, 4.69) is 5.32 Å². The average Bonchev–Trinajstić information content (AvgIpc) is 2.62. The number of benzene rings is 2. The van der Waals surface area contributed by atoms with Gasteiger partial charge in [-0.05, 0) is 29.8 Å². The molecule has 0 saturated heterocycles. The smallest absolute Gasteiger partial charge is 0.257 e. The van der Waals surface area contributed by atoms with Crippen molar-refractivity contribution >= 4 is 50.8 Å². The van der Waals surface area contributed by atoms with E-state index in [4.69, 9.17) is 23.2 Å². The molecule has 2 aromatic rings. The molecule has 0 bridgehead atoms. The molecule has 0 heterocycles. The third-order valence-electron chi connectivity index (χ3n) is 3.95. The molecule has 0 aliphatic heterocycles. The fraction of sp³-hybridized carbons (Fsp3) is 0.222. The number of hydrogen-bond acceptors (Lipinski definition) is 5. The van der Waals surface area contributed by atoms with Crippen LogP contribution >= 0.6 is 23.2 Å². The van der Waals surface area contributed by atoms with Gasteiger partial charge in [-0.15, -0.1) is 0 Å². The van der Waals surface area contributed by atoms with E-state index in [0.717, 1.165) is 6.07 Å². The van der Waals surface area contributed by atoms with Gasteiger partial charge in [0.05, 0.1) is 21.6 Å². The van der Waals surface area contributed by atoms with Gasteiger partial charge < -0.3 is 15.2 Å². The SMILES string of the molecule is CCN(CC)S(=O)(=O)c1cc(C(=O)Nc2cccc(C(=O)[O-])c2)c(Cl)cc1Cl. The Bertz CT molecular complexity index is 1020. The van der Waals surface area contributed by atoms with Crippen molar-refractivity contribution in [2.75, 3.05) is 18.4 Å². The van der Waals surface area contributed by atoms with Gasteiger partial charge in [0.1, 0.15) is 4.90 Å². The van der Waals surface area contributed by atoms with E-state index in [1.54, 1.807) is 13.8 Å². The third kappa shape index (κ3) is 4.64. The Morgan fingerprint density at radius 3 is 2.29 bits per heavy atom. The summed E-state index contributed by atoms with van der Waals surface area (Å²) < 4.78 is 26.7. The van der Waals surface area contributed by atoms with E-state index in [0.29, 0.717) is 0 Å². The van der Waals surface area contributed by atoms with Crippen LogP contribution in [0.15, 0.2) is 41.3 Å². The van der Waals surface area contributed by atoms with Gasteiger partial charge >= 0.3 is 0 Å². The van der Waals surface area contributed by atoms with E-state index in [1.807, 2.05) is 0 Å². The normalized spacial score (nSPS) is 11.5. The number of rotatable bonds is 7. The van der Waals surface area contributed by atoms with Gasteiger partial charge in [-0.25, -0.2) is 8.42 Å². The maximum atomic E-state index is 12.8. The summed E-state index contributed by atoms with van der Waals surface area (Å²) >= 11 is 12.2. The number of halogens is 2. The molecule has 0 unspecified atom stereocenters. The van der Waals surface area contributed by atoms with Crippen molar-refractivity contribution in [2.24, 2.45) is 0 Å². The number of nitrogens with one attached hydrogen (secondary N) is 1. The lowest BCUT2D eigenvalue weighted by Gasteiger charge is -2.20. The minimum absolute atomic E-state index is 0.0444. The summed E-state index contributed by atoms with van der Waals surface area (Å²) in [6.07, 6.45) is 0. The molecule has 0 aromatic heterocycles. The first-order valence-electron chi connectivity index (χ1n) is 8.23. The van der Waals surface area contributed by atoms with Gasteiger partial charge in [0, 0.05) is 18.8 Å². The van der Waals surface area contributed by atoms with Crippen LogP contribution in [-0.4, -0.2) is 37.7 Å². The second-order valence-corrected chi connectivity index (χ2v) is 8.39. The summed E-state index contributed by atoms with van der Waals surface area (Å²) in [5.74, 6) is -2.11. The zero-order valence-electron chi connectivity index (χ0n) is 15.0. The Kier molecular flexibility index (Phi) is 7.06. The molecule has 2 aromatic carbocycles. The average molecular weight is 444 g/mol. The van der Waals surface area contributed by atoms with Crippen LogP contribution < -0.4 is 10.4 Å². The number of nitrogens with zero attached hydrogens (tertiary/aromatic N) is 1. The first-order chi connectivity index (χ1) is 13.1. The molecular formula is C18H17Cl2N2O5S-. The van der Waals surface area contributed by atoms with Crippen LogP contribution in [0, 0.1) is 0 Å². The number of anilines is 1. The Labute approximate surface area is 172 Å². The maximum absolute atomic E-state index is 12.8. The maximum Gasteiger partial charge on any atom is 0.257 e. The monoisotopic (exact) mass is 443 g/mol. The largest absolute Gasteiger partial charge is 0.545 e. The van der Waals surface area contributed by atoms with Crippen LogP contribution in [0.4, 0.5) is 5.69 Å². The van der Waals surface area contributed by atoms with E-state index >= 15 is 0 Å². The van der Waals surface area contributed by atoms with Crippen LogP contribution in [0.1, 0.15) is 34.6 Å². The first kappa shape index (κ1) is 22.2. The third-order valence-corrected chi connectivity index (χ3v) is 6.77. The number of amides is 1. The summed E-state index contributed by atoms with van der Waals surface area (Å²) in [4.78, 5) is 23.3. The Morgan fingerprint density at radius 2 is 1.71 bits per heavy atom. The Balaban J connectivity index is 2.45. The zero-order chi connectivity index (χ0) is 21.1.